The molecule has 0 aliphatic carbocycles. The van der Waals surface area contributed by atoms with Crippen molar-refractivity contribution >= 4 is 0 Å². The highest BCUT2D eigenvalue weighted by atomic mass is 16.6. The largest absolute Gasteiger partial charge is 0.376 e. The minimum absolute atomic E-state index is 0.154. The molecular weight excluding hydrogens is 384 g/mol. The Morgan fingerprint density at radius 1 is 0.452 bits per heavy atom. The summed E-state index contributed by atoms with van der Waals surface area (Å²) in [4.78, 5) is 0. The van der Waals surface area contributed by atoms with Gasteiger partial charge in [-0.2, -0.15) is 0 Å². The van der Waals surface area contributed by atoms with E-state index in [0.717, 1.165) is 13.2 Å². The van der Waals surface area contributed by atoms with Crippen molar-refractivity contribution in [2.75, 3.05) is 26.4 Å². The van der Waals surface area contributed by atoms with Crippen LogP contribution in [0.5, 0.6) is 0 Å². The second-order valence-electron chi connectivity index (χ2n) is 9.72. The van der Waals surface area contributed by atoms with E-state index in [1.165, 1.54) is 128 Å². The average molecular weight is 441 g/mol. The zero-order valence-corrected chi connectivity index (χ0v) is 21.4. The van der Waals surface area contributed by atoms with E-state index in [9.17, 15) is 0 Å². The molecule has 0 bridgehead atoms. The van der Waals surface area contributed by atoms with Gasteiger partial charge in [-0.25, -0.2) is 0 Å². The van der Waals surface area contributed by atoms with E-state index in [1.54, 1.807) is 0 Å². The molecule has 0 aromatic carbocycles. The first-order chi connectivity index (χ1) is 15.4. The maximum atomic E-state index is 6.09. The van der Waals surface area contributed by atoms with Crippen LogP contribution in [0.4, 0.5) is 0 Å². The first kappa shape index (κ1) is 28.9. The van der Waals surface area contributed by atoms with Crippen LogP contribution >= 0.6 is 0 Å². The van der Waals surface area contributed by atoms with E-state index in [4.69, 9.17) is 14.2 Å². The first-order valence-electron chi connectivity index (χ1n) is 14.2. The summed E-state index contributed by atoms with van der Waals surface area (Å²) < 4.78 is 17.8. The van der Waals surface area contributed by atoms with Crippen molar-refractivity contribution in [1.82, 2.24) is 0 Å². The molecule has 3 heteroatoms. The number of hydrogen-bond acceptors (Lipinski definition) is 3. The van der Waals surface area contributed by atoms with Crippen LogP contribution in [0.15, 0.2) is 0 Å². The van der Waals surface area contributed by atoms with Crippen molar-refractivity contribution < 1.29 is 14.2 Å². The summed E-state index contributed by atoms with van der Waals surface area (Å²) in [6, 6.07) is 0. The zero-order chi connectivity index (χ0) is 22.2. The van der Waals surface area contributed by atoms with Gasteiger partial charge in [0.2, 0.25) is 0 Å². The number of rotatable bonds is 24. The molecule has 1 rings (SSSR count). The third kappa shape index (κ3) is 18.0. The van der Waals surface area contributed by atoms with Crippen LogP contribution in [0.1, 0.15) is 142 Å². The summed E-state index contributed by atoms with van der Waals surface area (Å²) >= 11 is 0. The van der Waals surface area contributed by atoms with Crippen LogP contribution in [0, 0.1) is 0 Å². The Hall–Kier alpha value is -0.120. The second kappa shape index (κ2) is 23.1. The minimum Gasteiger partial charge on any atom is -0.376 e. The number of unbranched alkanes of at least 4 members (excludes halogenated alkanes) is 18. The van der Waals surface area contributed by atoms with Gasteiger partial charge in [-0.3, -0.25) is 0 Å². The molecule has 0 aromatic rings. The number of hydrogen-bond donors (Lipinski definition) is 0. The lowest BCUT2D eigenvalue weighted by atomic mass is 10.1. The molecule has 0 amide bonds. The van der Waals surface area contributed by atoms with Gasteiger partial charge in [0.05, 0.1) is 13.2 Å². The Kier molecular flexibility index (Phi) is 21.5. The van der Waals surface area contributed by atoms with Gasteiger partial charge in [0.25, 0.3) is 0 Å². The molecule has 2 atom stereocenters. The molecule has 31 heavy (non-hydrogen) atoms. The smallest absolute Gasteiger partial charge is 0.109 e. The van der Waals surface area contributed by atoms with E-state index in [0.29, 0.717) is 13.2 Å². The highest BCUT2D eigenvalue weighted by Gasteiger charge is 2.29. The van der Waals surface area contributed by atoms with Crippen molar-refractivity contribution in [3.8, 4) is 0 Å². The molecule has 0 radical (unpaired) electrons. The highest BCUT2D eigenvalue weighted by Crippen LogP contribution is 2.16. The third-order valence-electron chi connectivity index (χ3n) is 6.64. The van der Waals surface area contributed by atoms with E-state index in [-0.39, 0.29) is 12.2 Å². The molecule has 0 aromatic heterocycles. The Morgan fingerprint density at radius 3 is 1.06 bits per heavy atom. The summed E-state index contributed by atoms with van der Waals surface area (Å²) in [5.41, 5.74) is 0. The van der Waals surface area contributed by atoms with Crippen molar-refractivity contribution in [2.24, 2.45) is 0 Å². The Labute approximate surface area is 195 Å². The average Bonchev–Trinajstić information content (AvgIpc) is 3.23. The molecule has 1 saturated heterocycles. The fourth-order valence-corrected chi connectivity index (χ4v) is 4.47. The predicted octanol–water partition coefficient (Wildman–Crippen LogP) is 8.63. The quantitative estimate of drug-likeness (QED) is 0.141. The van der Waals surface area contributed by atoms with Gasteiger partial charge in [0.15, 0.2) is 0 Å². The summed E-state index contributed by atoms with van der Waals surface area (Å²) in [6.07, 6.45) is 27.7. The molecule has 3 nitrogen and oxygen atoms in total. The lowest BCUT2D eigenvalue weighted by Gasteiger charge is -2.19. The Bertz CT molecular complexity index is 315. The van der Waals surface area contributed by atoms with Gasteiger partial charge in [-0.1, -0.05) is 129 Å². The normalized spacial score (nSPS) is 18.8. The van der Waals surface area contributed by atoms with Crippen LogP contribution in [0.3, 0.4) is 0 Å². The van der Waals surface area contributed by atoms with Crippen molar-refractivity contribution in [1.29, 1.82) is 0 Å². The first-order valence-corrected chi connectivity index (χ1v) is 14.2. The summed E-state index contributed by atoms with van der Waals surface area (Å²) in [5, 5.41) is 0. The van der Waals surface area contributed by atoms with Crippen LogP contribution in [-0.4, -0.2) is 38.6 Å². The van der Waals surface area contributed by atoms with E-state index in [1.807, 2.05) is 0 Å². The van der Waals surface area contributed by atoms with Crippen LogP contribution in [-0.2, 0) is 14.2 Å². The minimum atomic E-state index is 0.154. The van der Waals surface area contributed by atoms with E-state index < -0.39 is 0 Å². The van der Waals surface area contributed by atoms with Crippen LogP contribution < -0.4 is 0 Å². The summed E-state index contributed by atoms with van der Waals surface area (Å²) in [7, 11) is 0. The van der Waals surface area contributed by atoms with Gasteiger partial charge in [-0.15, -0.1) is 0 Å². The zero-order valence-electron chi connectivity index (χ0n) is 21.4. The summed E-state index contributed by atoms with van der Waals surface area (Å²) in [5.74, 6) is 0. The molecule has 0 N–H and O–H groups in total. The lowest BCUT2D eigenvalue weighted by molar-refractivity contribution is -0.0481. The van der Waals surface area contributed by atoms with Crippen molar-refractivity contribution in [3.05, 3.63) is 0 Å². The molecule has 0 saturated carbocycles. The topological polar surface area (TPSA) is 27.7 Å². The molecule has 2 unspecified atom stereocenters. The molecule has 1 aliphatic rings. The maximum absolute atomic E-state index is 6.09. The predicted molar refractivity (Wildman–Crippen MR) is 134 cm³/mol. The molecule has 1 fully saturated rings. The summed E-state index contributed by atoms with van der Waals surface area (Å²) in [6.45, 7) is 7.71. The van der Waals surface area contributed by atoms with Crippen LogP contribution in [0.25, 0.3) is 0 Å². The van der Waals surface area contributed by atoms with Crippen molar-refractivity contribution in [3.63, 3.8) is 0 Å². The van der Waals surface area contributed by atoms with Gasteiger partial charge >= 0.3 is 0 Å². The Balaban J connectivity index is 1.85. The Morgan fingerprint density at radius 2 is 0.742 bits per heavy atom. The fraction of sp³-hybridized carbons (Fsp3) is 1.00. The molecule has 186 valence electrons. The molecule has 1 aliphatic heterocycles. The standard InChI is InChI=1S/C28H56O3/c1-3-5-7-9-11-13-15-17-19-21-23-30-27-25-29-26-28(27)31-24-22-20-18-16-14-12-10-8-6-4-2/h27-28H,3-26H2,1-2H3. The number of ether oxygens (including phenoxy) is 3. The molecule has 0 spiro atoms. The van der Waals surface area contributed by atoms with Crippen LogP contribution in [0.2, 0.25) is 0 Å². The van der Waals surface area contributed by atoms with Gasteiger partial charge in [-0.05, 0) is 12.8 Å². The molecule has 1 heterocycles. The lowest BCUT2D eigenvalue weighted by Crippen LogP contribution is -2.30. The van der Waals surface area contributed by atoms with E-state index >= 15 is 0 Å². The third-order valence-corrected chi connectivity index (χ3v) is 6.64. The fourth-order valence-electron chi connectivity index (χ4n) is 4.47. The van der Waals surface area contributed by atoms with Gasteiger partial charge in [0, 0.05) is 13.2 Å². The highest BCUT2D eigenvalue weighted by molar-refractivity contribution is 4.76. The van der Waals surface area contributed by atoms with Crippen molar-refractivity contribution in [2.45, 2.75) is 154 Å². The van der Waals surface area contributed by atoms with E-state index in [2.05, 4.69) is 13.8 Å². The monoisotopic (exact) mass is 440 g/mol. The second-order valence-corrected chi connectivity index (χ2v) is 9.72. The van der Waals surface area contributed by atoms with Gasteiger partial charge in [0.1, 0.15) is 12.2 Å². The molecular formula is C28H56O3. The maximum Gasteiger partial charge on any atom is 0.109 e. The SMILES string of the molecule is CCCCCCCCCCCCOC1COCC1OCCCCCCCCCCCC. The van der Waals surface area contributed by atoms with Gasteiger partial charge < -0.3 is 14.2 Å².